The van der Waals surface area contributed by atoms with Gasteiger partial charge in [0, 0.05) is 12.4 Å². The Bertz CT molecular complexity index is 487. The summed E-state index contributed by atoms with van der Waals surface area (Å²) in [5, 5.41) is 3.26. The SMILES string of the molecule is CNC(Cc1ccccc1)c1nccnc1OC. The maximum atomic E-state index is 5.25. The maximum absolute atomic E-state index is 5.25. The van der Waals surface area contributed by atoms with Crippen LogP contribution in [0.1, 0.15) is 17.3 Å². The van der Waals surface area contributed by atoms with Gasteiger partial charge in [-0.3, -0.25) is 4.98 Å². The Morgan fingerprint density at radius 3 is 2.56 bits per heavy atom. The Morgan fingerprint density at radius 2 is 1.89 bits per heavy atom. The summed E-state index contributed by atoms with van der Waals surface area (Å²) in [5.74, 6) is 0.577. The van der Waals surface area contributed by atoms with E-state index in [1.807, 2.05) is 25.2 Å². The van der Waals surface area contributed by atoms with Crippen molar-refractivity contribution in [3.63, 3.8) is 0 Å². The van der Waals surface area contributed by atoms with Crippen LogP contribution in [0.25, 0.3) is 0 Å². The minimum Gasteiger partial charge on any atom is -0.480 e. The van der Waals surface area contributed by atoms with Gasteiger partial charge in [-0.25, -0.2) is 4.98 Å². The number of aromatic nitrogens is 2. The van der Waals surface area contributed by atoms with E-state index in [4.69, 9.17) is 4.74 Å². The zero-order valence-electron chi connectivity index (χ0n) is 10.6. The maximum Gasteiger partial charge on any atom is 0.237 e. The van der Waals surface area contributed by atoms with Crippen LogP contribution < -0.4 is 10.1 Å². The number of likely N-dealkylation sites (N-methyl/N-ethyl adjacent to an activating group) is 1. The first-order chi connectivity index (χ1) is 8.85. The molecule has 18 heavy (non-hydrogen) atoms. The van der Waals surface area contributed by atoms with Crippen molar-refractivity contribution in [3.8, 4) is 5.88 Å². The molecule has 0 saturated carbocycles. The summed E-state index contributed by atoms with van der Waals surface area (Å²) in [6, 6.07) is 10.4. The molecule has 0 spiro atoms. The number of benzene rings is 1. The summed E-state index contributed by atoms with van der Waals surface area (Å²) in [7, 11) is 3.53. The van der Waals surface area contributed by atoms with E-state index in [-0.39, 0.29) is 6.04 Å². The lowest BCUT2D eigenvalue weighted by atomic mass is 10.0. The van der Waals surface area contributed by atoms with Gasteiger partial charge < -0.3 is 10.1 Å². The van der Waals surface area contributed by atoms with E-state index in [1.54, 1.807) is 19.5 Å². The molecule has 2 rings (SSSR count). The molecule has 1 aromatic heterocycles. The normalized spacial score (nSPS) is 12.1. The smallest absolute Gasteiger partial charge is 0.237 e. The predicted octanol–water partition coefficient (Wildman–Crippen LogP) is 1.99. The van der Waals surface area contributed by atoms with Crippen molar-refractivity contribution in [2.24, 2.45) is 0 Å². The van der Waals surface area contributed by atoms with Crippen LogP contribution in [0.4, 0.5) is 0 Å². The standard InChI is InChI=1S/C14H17N3O/c1-15-12(10-11-6-4-3-5-7-11)13-14(18-2)17-9-8-16-13/h3-9,12,15H,10H2,1-2H3. The molecule has 2 aromatic rings. The van der Waals surface area contributed by atoms with Crippen LogP contribution in [0, 0.1) is 0 Å². The molecule has 4 nitrogen and oxygen atoms in total. The third-order valence-corrected chi connectivity index (χ3v) is 2.85. The van der Waals surface area contributed by atoms with Gasteiger partial charge in [-0.15, -0.1) is 0 Å². The molecule has 94 valence electrons. The van der Waals surface area contributed by atoms with Gasteiger partial charge in [0.15, 0.2) is 0 Å². The quantitative estimate of drug-likeness (QED) is 0.872. The van der Waals surface area contributed by atoms with Gasteiger partial charge in [0.1, 0.15) is 5.69 Å². The van der Waals surface area contributed by atoms with Crippen molar-refractivity contribution in [2.75, 3.05) is 14.2 Å². The number of methoxy groups -OCH3 is 1. The van der Waals surface area contributed by atoms with E-state index < -0.39 is 0 Å². The third-order valence-electron chi connectivity index (χ3n) is 2.85. The van der Waals surface area contributed by atoms with Gasteiger partial charge in [-0.2, -0.15) is 0 Å². The summed E-state index contributed by atoms with van der Waals surface area (Å²) < 4.78 is 5.25. The van der Waals surface area contributed by atoms with E-state index in [0.29, 0.717) is 5.88 Å². The Morgan fingerprint density at radius 1 is 1.17 bits per heavy atom. The fourth-order valence-corrected chi connectivity index (χ4v) is 1.92. The predicted molar refractivity (Wildman–Crippen MR) is 70.5 cm³/mol. The number of rotatable bonds is 5. The van der Waals surface area contributed by atoms with Gasteiger partial charge in [-0.05, 0) is 19.0 Å². The lowest BCUT2D eigenvalue weighted by Gasteiger charge is -2.17. The molecular weight excluding hydrogens is 226 g/mol. The third kappa shape index (κ3) is 2.84. The number of hydrogen-bond donors (Lipinski definition) is 1. The molecule has 0 aliphatic rings. The van der Waals surface area contributed by atoms with E-state index in [1.165, 1.54) is 5.56 Å². The Labute approximate surface area is 107 Å². The van der Waals surface area contributed by atoms with Crippen molar-refractivity contribution in [2.45, 2.75) is 12.5 Å². The van der Waals surface area contributed by atoms with Crippen LogP contribution >= 0.6 is 0 Å². The summed E-state index contributed by atoms with van der Waals surface area (Å²) in [6.45, 7) is 0. The summed E-state index contributed by atoms with van der Waals surface area (Å²) in [5.41, 5.74) is 2.09. The van der Waals surface area contributed by atoms with Gasteiger partial charge in [0.25, 0.3) is 0 Å². The van der Waals surface area contributed by atoms with Gasteiger partial charge in [0.2, 0.25) is 5.88 Å². The van der Waals surface area contributed by atoms with Crippen molar-refractivity contribution >= 4 is 0 Å². The molecule has 0 radical (unpaired) electrons. The molecular formula is C14H17N3O. The molecule has 1 unspecified atom stereocenters. The summed E-state index contributed by atoms with van der Waals surface area (Å²) in [6.07, 6.45) is 4.18. The molecule has 1 N–H and O–H groups in total. The molecule has 0 fully saturated rings. The monoisotopic (exact) mass is 243 g/mol. The van der Waals surface area contributed by atoms with E-state index in [0.717, 1.165) is 12.1 Å². The highest BCUT2D eigenvalue weighted by Gasteiger charge is 2.17. The topological polar surface area (TPSA) is 47.0 Å². The second-order valence-electron chi connectivity index (χ2n) is 3.98. The largest absolute Gasteiger partial charge is 0.480 e. The minimum absolute atomic E-state index is 0.0936. The van der Waals surface area contributed by atoms with Gasteiger partial charge in [-0.1, -0.05) is 30.3 Å². The first-order valence-corrected chi connectivity index (χ1v) is 5.91. The van der Waals surface area contributed by atoms with E-state index in [9.17, 15) is 0 Å². The van der Waals surface area contributed by atoms with Crippen LogP contribution in [-0.4, -0.2) is 24.1 Å². The first kappa shape index (κ1) is 12.5. The molecule has 0 aliphatic heterocycles. The number of hydrogen-bond acceptors (Lipinski definition) is 4. The molecule has 1 aromatic carbocycles. The van der Waals surface area contributed by atoms with Crippen molar-refractivity contribution in [3.05, 3.63) is 54.0 Å². The molecule has 1 atom stereocenters. The average molecular weight is 243 g/mol. The molecule has 1 heterocycles. The highest BCUT2D eigenvalue weighted by Crippen LogP contribution is 2.22. The second kappa shape index (κ2) is 6.12. The Balaban J connectivity index is 2.23. The Hall–Kier alpha value is -1.94. The first-order valence-electron chi connectivity index (χ1n) is 5.91. The minimum atomic E-state index is 0.0936. The van der Waals surface area contributed by atoms with Crippen LogP contribution in [-0.2, 0) is 6.42 Å². The van der Waals surface area contributed by atoms with Gasteiger partial charge >= 0.3 is 0 Å². The van der Waals surface area contributed by atoms with Crippen molar-refractivity contribution in [1.82, 2.24) is 15.3 Å². The molecule has 0 amide bonds. The van der Waals surface area contributed by atoms with Crippen LogP contribution in [0.2, 0.25) is 0 Å². The molecule has 0 saturated heterocycles. The zero-order valence-corrected chi connectivity index (χ0v) is 10.6. The average Bonchev–Trinajstić information content (AvgIpc) is 2.46. The summed E-state index contributed by atoms with van der Waals surface area (Å²) in [4.78, 5) is 8.55. The molecule has 4 heteroatoms. The highest BCUT2D eigenvalue weighted by molar-refractivity contribution is 5.25. The van der Waals surface area contributed by atoms with Crippen molar-refractivity contribution in [1.29, 1.82) is 0 Å². The van der Waals surface area contributed by atoms with Crippen molar-refractivity contribution < 1.29 is 4.74 Å². The van der Waals surface area contributed by atoms with E-state index in [2.05, 4.69) is 27.4 Å². The fraction of sp³-hybridized carbons (Fsp3) is 0.286. The Kier molecular flexibility index (Phi) is 4.25. The van der Waals surface area contributed by atoms with Crippen LogP contribution in [0.5, 0.6) is 5.88 Å². The number of nitrogens with zero attached hydrogens (tertiary/aromatic N) is 2. The van der Waals surface area contributed by atoms with Gasteiger partial charge in [0.05, 0.1) is 13.2 Å². The van der Waals surface area contributed by atoms with E-state index >= 15 is 0 Å². The second-order valence-corrected chi connectivity index (χ2v) is 3.98. The zero-order chi connectivity index (χ0) is 12.8. The number of nitrogens with one attached hydrogen (secondary N) is 1. The molecule has 0 aliphatic carbocycles. The highest BCUT2D eigenvalue weighted by atomic mass is 16.5. The summed E-state index contributed by atoms with van der Waals surface area (Å²) >= 11 is 0. The molecule has 0 bridgehead atoms. The number of ether oxygens (including phenoxy) is 1. The van der Waals surface area contributed by atoms with Crippen LogP contribution in [0.15, 0.2) is 42.7 Å². The fourth-order valence-electron chi connectivity index (χ4n) is 1.92. The van der Waals surface area contributed by atoms with Crippen LogP contribution in [0.3, 0.4) is 0 Å². The lowest BCUT2D eigenvalue weighted by molar-refractivity contribution is 0.379. The lowest BCUT2D eigenvalue weighted by Crippen LogP contribution is -2.21.